The summed E-state index contributed by atoms with van der Waals surface area (Å²) in [6, 6.07) is 132. The number of rotatable bonds is 11. The van der Waals surface area contributed by atoms with Crippen LogP contribution >= 0.6 is 0 Å². The van der Waals surface area contributed by atoms with Gasteiger partial charge in [-0.25, -0.2) is 0 Å². The summed E-state index contributed by atoms with van der Waals surface area (Å²) >= 11 is 0. The molecule has 20 rings (SSSR count). The van der Waals surface area contributed by atoms with E-state index in [2.05, 4.69) is 397 Å². The van der Waals surface area contributed by atoms with Crippen LogP contribution in [0.15, 0.2) is 352 Å². The molecule has 0 aliphatic heterocycles. The van der Waals surface area contributed by atoms with Crippen LogP contribution in [0.4, 0.5) is 0 Å². The SMILES string of the molecule is Cc1cc(C)c(-c2c(-n3c4ccc(-c5ccccc5)cc4c4cc(-c5ccccc5)ccc43)c(-n3c4ccccc4c4ccccc43)c(C#N)c(-n3c4ccc(-c5ccccc5)cc4c4cc(-c5ccccc5)ccc43)c2-n2c3ccc(-c4ccccc4)cc3c3cc(-c4ccccc4)ccc32)c(C)c1. The van der Waals surface area contributed by atoms with Crippen molar-refractivity contribution in [3.8, 4) is 107 Å². The maximum absolute atomic E-state index is 13.7. The second-order valence-corrected chi connectivity index (χ2v) is 28.0. The Morgan fingerprint density at radius 2 is 0.419 bits per heavy atom. The van der Waals surface area contributed by atoms with Gasteiger partial charge >= 0.3 is 0 Å². The monoisotopic (exact) mass is 1340 g/mol. The van der Waals surface area contributed by atoms with Crippen LogP contribution in [0.3, 0.4) is 0 Å². The normalized spacial score (nSPS) is 11.8. The third-order valence-electron chi connectivity index (χ3n) is 21.8. The first-order valence-electron chi connectivity index (χ1n) is 36.1. The van der Waals surface area contributed by atoms with Gasteiger partial charge in [0.2, 0.25) is 0 Å². The minimum atomic E-state index is 0.504. The van der Waals surface area contributed by atoms with E-state index in [-0.39, 0.29) is 0 Å². The molecule has 0 unspecified atom stereocenters. The number of benzene rings is 16. The molecule has 0 aliphatic rings. The van der Waals surface area contributed by atoms with Crippen LogP contribution in [-0.2, 0) is 0 Å². The average Bonchev–Trinajstić information content (AvgIpc) is 1.55. The van der Waals surface area contributed by atoms with Crippen LogP contribution in [0.5, 0.6) is 0 Å². The highest BCUT2D eigenvalue weighted by Crippen LogP contribution is 2.54. The largest absolute Gasteiger partial charge is 0.306 e. The maximum Gasteiger partial charge on any atom is 0.104 e. The fourth-order valence-electron chi connectivity index (χ4n) is 17.3. The summed E-state index contributed by atoms with van der Waals surface area (Å²) in [5, 5.41) is 22.4. The van der Waals surface area contributed by atoms with Gasteiger partial charge < -0.3 is 18.3 Å². The Labute approximate surface area is 608 Å². The van der Waals surface area contributed by atoms with Crippen LogP contribution < -0.4 is 0 Å². The quantitative estimate of drug-likeness (QED) is 0.127. The zero-order chi connectivity index (χ0) is 70.0. The Balaban J connectivity index is 1.07. The Morgan fingerprint density at radius 1 is 0.200 bits per heavy atom. The molecule has 492 valence electrons. The second kappa shape index (κ2) is 24.5. The van der Waals surface area contributed by atoms with Crippen LogP contribution in [0.25, 0.3) is 188 Å². The molecule has 16 aromatic carbocycles. The van der Waals surface area contributed by atoms with Gasteiger partial charge in [-0.2, -0.15) is 5.26 Å². The first-order valence-corrected chi connectivity index (χ1v) is 36.1. The van der Waals surface area contributed by atoms with Crippen LogP contribution in [-0.4, -0.2) is 18.3 Å². The fraction of sp³-hybridized carbons (Fsp3) is 0.0300. The van der Waals surface area contributed by atoms with Crippen molar-refractivity contribution in [2.75, 3.05) is 0 Å². The highest BCUT2D eigenvalue weighted by Gasteiger charge is 2.37. The molecule has 4 aromatic heterocycles. The summed E-state index contributed by atoms with van der Waals surface area (Å²) in [4.78, 5) is 0. The number of aryl methyl sites for hydroxylation is 3. The van der Waals surface area contributed by atoms with E-state index >= 15 is 0 Å². The molecule has 20 aromatic rings. The highest BCUT2D eigenvalue weighted by atomic mass is 15.1. The predicted molar refractivity (Wildman–Crippen MR) is 441 cm³/mol. The molecule has 4 heterocycles. The lowest BCUT2D eigenvalue weighted by Gasteiger charge is -2.30. The van der Waals surface area contributed by atoms with E-state index in [0.717, 1.165) is 205 Å². The van der Waals surface area contributed by atoms with Crippen LogP contribution in [0, 0.1) is 32.1 Å². The molecule has 0 fully saturated rings. The lowest BCUT2D eigenvalue weighted by molar-refractivity contribution is 1.03. The maximum atomic E-state index is 13.7. The Morgan fingerprint density at radius 3 is 0.667 bits per heavy atom. The van der Waals surface area contributed by atoms with Crippen molar-refractivity contribution < 1.29 is 0 Å². The molecule has 0 amide bonds. The lowest BCUT2D eigenvalue weighted by Crippen LogP contribution is -2.17. The van der Waals surface area contributed by atoms with Crippen LogP contribution in [0.2, 0.25) is 0 Å². The number of fused-ring (bicyclic) bond motifs is 12. The molecular weight excluding hydrogens is 1270 g/mol. The number of nitrogens with zero attached hydrogens (tertiary/aromatic N) is 5. The van der Waals surface area contributed by atoms with E-state index < -0.39 is 0 Å². The summed E-state index contributed by atoms with van der Waals surface area (Å²) in [5.74, 6) is 0. The Bertz CT molecular complexity index is 6580. The van der Waals surface area contributed by atoms with E-state index in [9.17, 15) is 5.26 Å². The summed E-state index contributed by atoms with van der Waals surface area (Å²) in [6.07, 6.45) is 0. The molecule has 0 N–H and O–H groups in total. The van der Waals surface area contributed by atoms with Gasteiger partial charge in [-0.05, 0) is 189 Å². The van der Waals surface area contributed by atoms with E-state index in [0.29, 0.717) is 5.56 Å². The molecule has 5 nitrogen and oxygen atoms in total. The van der Waals surface area contributed by atoms with Crippen molar-refractivity contribution in [2.45, 2.75) is 20.8 Å². The van der Waals surface area contributed by atoms with Gasteiger partial charge in [0.15, 0.2) is 0 Å². The van der Waals surface area contributed by atoms with Crippen molar-refractivity contribution in [1.29, 1.82) is 5.26 Å². The third-order valence-corrected chi connectivity index (χ3v) is 21.8. The Hall–Kier alpha value is -13.8. The highest BCUT2D eigenvalue weighted by molar-refractivity contribution is 6.19. The minimum Gasteiger partial charge on any atom is -0.306 e. The molecule has 0 spiro atoms. The van der Waals surface area contributed by atoms with Gasteiger partial charge in [-0.3, -0.25) is 0 Å². The Kier molecular flexibility index (Phi) is 14.3. The van der Waals surface area contributed by atoms with Crippen molar-refractivity contribution in [3.63, 3.8) is 0 Å². The van der Waals surface area contributed by atoms with Crippen LogP contribution in [0.1, 0.15) is 22.3 Å². The van der Waals surface area contributed by atoms with E-state index in [1.807, 2.05) is 0 Å². The van der Waals surface area contributed by atoms with E-state index in [1.165, 1.54) is 0 Å². The molecule has 105 heavy (non-hydrogen) atoms. The van der Waals surface area contributed by atoms with Gasteiger partial charge in [0, 0.05) is 48.7 Å². The topological polar surface area (TPSA) is 43.5 Å². The van der Waals surface area contributed by atoms with Crippen molar-refractivity contribution in [2.24, 2.45) is 0 Å². The van der Waals surface area contributed by atoms with Gasteiger partial charge in [0.05, 0.1) is 66.9 Å². The zero-order valence-corrected chi connectivity index (χ0v) is 58.2. The lowest BCUT2D eigenvalue weighted by atomic mass is 9.87. The molecule has 0 saturated heterocycles. The van der Waals surface area contributed by atoms with Gasteiger partial charge in [0.25, 0.3) is 0 Å². The van der Waals surface area contributed by atoms with E-state index in [1.54, 1.807) is 0 Å². The summed E-state index contributed by atoms with van der Waals surface area (Å²) < 4.78 is 10.0. The number of hydrogen-bond acceptors (Lipinski definition) is 1. The molecule has 0 radical (unpaired) electrons. The van der Waals surface area contributed by atoms with Gasteiger partial charge in [0.1, 0.15) is 11.6 Å². The summed E-state index contributed by atoms with van der Waals surface area (Å²) in [7, 11) is 0. The van der Waals surface area contributed by atoms with E-state index in [4.69, 9.17) is 0 Å². The van der Waals surface area contributed by atoms with Gasteiger partial charge in [-0.15, -0.1) is 0 Å². The fourth-order valence-corrected chi connectivity index (χ4v) is 17.3. The minimum absolute atomic E-state index is 0.504. The molecule has 0 atom stereocenters. The predicted octanol–water partition coefficient (Wildman–Crippen LogP) is 26.5. The number of para-hydroxylation sites is 2. The van der Waals surface area contributed by atoms with Crippen molar-refractivity contribution in [1.82, 2.24) is 18.3 Å². The van der Waals surface area contributed by atoms with Crippen molar-refractivity contribution in [3.05, 3.63) is 374 Å². The number of nitriles is 1. The van der Waals surface area contributed by atoms with Gasteiger partial charge in [-0.1, -0.05) is 272 Å². The molecule has 0 aliphatic carbocycles. The third kappa shape index (κ3) is 9.76. The average molecular weight is 1340 g/mol. The number of hydrogen-bond donors (Lipinski definition) is 0. The summed E-state index contributed by atoms with van der Waals surface area (Å²) in [6.45, 7) is 6.81. The first kappa shape index (κ1) is 61.1. The van der Waals surface area contributed by atoms with Crippen molar-refractivity contribution >= 4 is 87.2 Å². The molecule has 0 saturated carbocycles. The molecule has 5 heteroatoms. The number of aromatic nitrogens is 4. The molecule has 0 bridgehead atoms. The second-order valence-electron chi connectivity index (χ2n) is 28.0. The zero-order valence-electron chi connectivity index (χ0n) is 58.2. The standard InChI is InChI=1S/C100H67N5/c1-63-54-64(2)95(65(3)55-63)96-99(104-91-50-44-74(68-30-14-6-15-31-68)58-82(91)83-59-75(45-51-92(83)104)69-32-16-7-17-33-69)97(102-87-40-24-22-38-78(87)79-39-23-25-41-88(79)102)86(62-101)98(103-89-48-42-72(66-26-10-4-11-27-66)56-80(89)81-57-73(43-49-90(81)103)67-28-12-5-13-29-67)100(96)105-93-52-46-76(70-34-18-8-19-35-70)60-84(93)85-61-77(47-53-94(85)105)71-36-20-9-21-37-71/h4-61H,1-3H3. The summed E-state index contributed by atoms with van der Waals surface area (Å²) in [5.41, 5.74) is 30.5. The smallest absolute Gasteiger partial charge is 0.104 e. The molecular formula is C100H67N5. The first-order chi connectivity index (χ1) is 51.8.